The van der Waals surface area contributed by atoms with E-state index in [1.54, 1.807) is 0 Å². The second-order valence-corrected chi connectivity index (χ2v) is 5.71. The maximum Gasteiger partial charge on any atom is 0.327 e. The normalized spacial score (nSPS) is 11.4. The molecule has 4 nitrogen and oxygen atoms in total. The molecule has 19 heavy (non-hydrogen) atoms. The Kier molecular flexibility index (Phi) is 3.92. The monoisotopic (exact) mass is 297 g/mol. The van der Waals surface area contributed by atoms with Crippen LogP contribution in [0.5, 0.6) is 11.8 Å². The molecule has 0 unspecified atom stereocenters. The van der Waals surface area contributed by atoms with Crippen molar-refractivity contribution in [1.82, 2.24) is 15.0 Å². The molecule has 6 heteroatoms. The lowest BCUT2D eigenvalue weighted by molar-refractivity contribution is 0.437. The van der Waals surface area contributed by atoms with Crippen LogP contribution in [0.3, 0.4) is 0 Å². The fourth-order valence-electron chi connectivity index (χ4n) is 1.49. The summed E-state index contributed by atoms with van der Waals surface area (Å²) in [6.07, 6.45) is 0. The molecule has 0 fully saturated rings. The zero-order valence-corrected chi connectivity index (χ0v) is 12.3. The first-order chi connectivity index (χ1) is 8.84. The van der Waals surface area contributed by atoms with Crippen LogP contribution >= 0.6 is 23.2 Å². The molecule has 1 aromatic heterocycles. The number of hydrogen-bond acceptors (Lipinski definition) is 4. The summed E-state index contributed by atoms with van der Waals surface area (Å²) < 4.78 is 5.54. The van der Waals surface area contributed by atoms with E-state index in [0.717, 1.165) is 5.56 Å². The zero-order chi connectivity index (χ0) is 14.0. The maximum atomic E-state index is 5.69. The van der Waals surface area contributed by atoms with Gasteiger partial charge < -0.3 is 4.74 Å². The molecule has 0 amide bonds. The predicted molar refractivity (Wildman–Crippen MR) is 75.1 cm³/mol. The molecule has 0 N–H and O–H groups in total. The number of aromatic nitrogens is 3. The Morgan fingerprint density at radius 3 is 2.21 bits per heavy atom. The van der Waals surface area contributed by atoms with E-state index < -0.39 is 0 Å². The molecule has 0 aliphatic heterocycles. The molecule has 0 aliphatic carbocycles. The second-order valence-electron chi connectivity index (χ2n) is 5.04. The molecule has 100 valence electrons. The highest BCUT2D eigenvalue weighted by Crippen LogP contribution is 2.27. The van der Waals surface area contributed by atoms with Crippen LogP contribution in [0.25, 0.3) is 0 Å². The van der Waals surface area contributed by atoms with Crippen molar-refractivity contribution >= 4 is 23.2 Å². The van der Waals surface area contributed by atoms with Crippen LogP contribution in [0, 0.1) is 0 Å². The standard InChI is InChI=1S/C13H13Cl2N3O/c1-13(2,3)8-5-4-6-9(7-8)19-12-17-10(14)16-11(15)18-12/h4-7H,1-3H3. The number of ether oxygens (including phenoxy) is 1. The van der Waals surface area contributed by atoms with Gasteiger partial charge in [0.05, 0.1) is 0 Å². The number of benzene rings is 1. The topological polar surface area (TPSA) is 47.9 Å². The molecule has 0 bridgehead atoms. The van der Waals surface area contributed by atoms with E-state index in [9.17, 15) is 0 Å². The van der Waals surface area contributed by atoms with Crippen LogP contribution < -0.4 is 4.74 Å². The van der Waals surface area contributed by atoms with Crippen LogP contribution in [0.4, 0.5) is 0 Å². The third-order valence-electron chi connectivity index (χ3n) is 2.47. The molecule has 0 radical (unpaired) electrons. The molecule has 1 aromatic carbocycles. The van der Waals surface area contributed by atoms with E-state index in [4.69, 9.17) is 27.9 Å². The number of nitrogens with zero attached hydrogens (tertiary/aromatic N) is 3. The molecule has 2 aromatic rings. The van der Waals surface area contributed by atoms with Crippen LogP contribution in [-0.2, 0) is 5.41 Å². The summed E-state index contributed by atoms with van der Waals surface area (Å²) in [6, 6.07) is 7.79. The van der Waals surface area contributed by atoms with Crippen LogP contribution in [0.1, 0.15) is 26.3 Å². The van der Waals surface area contributed by atoms with Gasteiger partial charge in [-0.3, -0.25) is 0 Å². The minimum absolute atomic E-state index is 0.00183. The first kappa shape index (κ1) is 14.0. The molecule has 0 saturated carbocycles. The summed E-state index contributed by atoms with van der Waals surface area (Å²) in [6.45, 7) is 6.38. The molecule has 0 saturated heterocycles. The minimum atomic E-state index is 0.00183. The number of rotatable bonds is 2. The van der Waals surface area contributed by atoms with Crippen LogP contribution in [-0.4, -0.2) is 15.0 Å². The first-order valence-corrected chi connectivity index (χ1v) is 6.46. The average Bonchev–Trinajstić information content (AvgIpc) is 2.26. The highest BCUT2D eigenvalue weighted by atomic mass is 35.5. The van der Waals surface area contributed by atoms with Crippen molar-refractivity contribution in [2.45, 2.75) is 26.2 Å². The first-order valence-electron chi connectivity index (χ1n) is 5.70. The lowest BCUT2D eigenvalue weighted by Gasteiger charge is -2.19. The highest BCUT2D eigenvalue weighted by Gasteiger charge is 2.14. The lowest BCUT2D eigenvalue weighted by Crippen LogP contribution is -2.10. The third kappa shape index (κ3) is 3.78. The van der Waals surface area contributed by atoms with Gasteiger partial charge in [-0.25, -0.2) is 0 Å². The summed E-state index contributed by atoms with van der Waals surface area (Å²) in [5.74, 6) is 0.630. The third-order valence-corrected chi connectivity index (χ3v) is 2.81. The highest BCUT2D eigenvalue weighted by molar-refractivity contribution is 6.31. The maximum absolute atomic E-state index is 5.69. The Bertz CT molecular complexity index is 576. The van der Waals surface area contributed by atoms with Crippen molar-refractivity contribution in [1.29, 1.82) is 0 Å². The Balaban J connectivity index is 2.28. The number of hydrogen-bond donors (Lipinski definition) is 0. The largest absolute Gasteiger partial charge is 0.424 e. The van der Waals surface area contributed by atoms with Crippen molar-refractivity contribution in [2.24, 2.45) is 0 Å². The van der Waals surface area contributed by atoms with Crippen molar-refractivity contribution in [3.63, 3.8) is 0 Å². The van der Waals surface area contributed by atoms with E-state index in [1.807, 2.05) is 24.3 Å². The van der Waals surface area contributed by atoms with Crippen molar-refractivity contribution < 1.29 is 4.74 Å². The summed E-state index contributed by atoms with van der Waals surface area (Å²) in [4.78, 5) is 11.4. The SMILES string of the molecule is CC(C)(C)c1cccc(Oc2nc(Cl)nc(Cl)n2)c1. The minimum Gasteiger partial charge on any atom is -0.424 e. The second kappa shape index (κ2) is 5.31. The van der Waals surface area contributed by atoms with Gasteiger partial charge in [-0.1, -0.05) is 32.9 Å². The Labute approximate surface area is 121 Å². The predicted octanol–water partition coefficient (Wildman–Crippen LogP) is 4.27. The molecular weight excluding hydrogens is 285 g/mol. The molecule has 1 heterocycles. The van der Waals surface area contributed by atoms with Crippen LogP contribution in [0.15, 0.2) is 24.3 Å². The Morgan fingerprint density at radius 1 is 1.00 bits per heavy atom. The van der Waals surface area contributed by atoms with Gasteiger partial charge in [0.2, 0.25) is 10.6 Å². The molecular formula is C13H13Cl2N3O. The van der Waals surface area contributed by atoms with Gasteiger partial charge in [-0.05, 0) is 46.3 Å². The smallest absolute Gasteiger partial charge is 0.327 e. The number of halogens is 2. The van der Waals surface area contributed by atoms with Gasteiger partial charge in [0, 0.05) is 0 Å². The Hall–Kier alpha value is -1.39. The summed E-state index contributed by atoms with van der Waals surface area (Å²) >= 11 is 11.4. The summed E-state index contributed by atoms with van der Waals surface area (Å²) in [5, 5.41) is 0.00366. The van der Waals surface area contributed by atoms with Gasteiger partial charge in [0.25, 0.3) is 0 Å². The van der Waals surface area contributed by atoms with Crippen molar-refractivity contribution in [2.75, 3.05) is 0 Å². The molecule has 2 rings (SSSR count). The average molecular weight is 298 g/mol. The van der Waals surface area contributed by atoms with Gasteiger partial charge in [0.1, 0.15) is 5.75 Å². The molecule has 0 atom stereocenters. The zero-order valence-electron chi connectivity index (χ0n) is 10.8. The van der Waals surface area contributed by atoms with E-state index in [-0.39, 0.29) is 22.0 Å². The van der Waals surface area contributed by atoms with E-state index in [1.165, 1.54) is 0 Å². The van der Waals surface area contributed by atoms with Crippen molar-refractivity contribution in [3.8, 4) is 11.8 Å². The van der Waals surface area contributed by atoms with Crippen molar-refractivity contribution in [3.05, 3.63) is 40.4 Å². The van der Waals surface area contributed by atoms with E-state index >= 15 is 0 Å². The van der Waals surface area contributed by atoms with Gasteiger partial charge in [-0.2, -0.15) is 15.0 Å². The summed E-state index contributed by atoms with van der Waals surface area (Å²) in [5.41, 5.74) is 1.18. The Morgan fingerprint density at radius 2 is 1.63 bits per heavy atom. The van der Waals surface area contributed by atoms with Gasteiger partial charge in [-0.15, -0.1) is 0 Å². The summed E-state index contributed by atoms with van der Waals surface area (Å²) in [7, 11) is 0. The van der Waals surface area contributed by atoms with Crippen LogP contribution in [0.2, 0.25) is 10.6 Å². The lowest BCUT2D eigenvalue weighted by atomic mass is 9.87. The fourth-order valence-corrected chi connectivity index (χ4v) is 1.83. The van der Waals surface area contributed by atoms with E-state index in [2.05, 4.69) is 35.7 Å². The van der Waals surface area contributed by atoms with E-state index in [0.29, 0.717) is 5.75 Å². The van der Waals surface area contributed by atoms with Gasteiger partial charge >= 0.3 is 6.01 Å². The molecule has 0 aliphatic rings. The fraction of sp³-hybridized carbons (Fsp3) is 0.308. The quantitative estimate of drug-likeness (QED) is 0.830. The molecule has 0 spiro atoms. The van der Waals surface area contributed by atoms with Gasteiger partial charge in [0.15, 0.2) is 0 Å².